The van der Waals surface area contributed by atoms with E-state index in [1.165, 1.54) is 0 Å². The molecule has 1 aromatic rings. The first-order chi connectivity index (χ1) is 9.38. The summed E-state index contributed by atoms with van der Waals surface area (Å²) in [6, 6.07) is 7.12. The van der Waals surface area contributed by atoms with Crippen molar-refractivity contribution in [2.75, 3.05) is 0 Å². The minimum Gasteiger partial charge on any atom is -0.171 e. The van der Waals surface area contributed by atoms with E-state index in [-0.39, 0.29) is 6.42 Å². The Morgan fingerprint density at radius 2 is 1.70 bits per heavy atom. The second-order valence-electron chi connectivity index (χ2n) is 5.44. The quantitative estimate of drug-likeness (QED) is 0.611. The Morgan fingerprint density at radius 1 is 1.10 bits per heavy atom. The normalized spacial score (nSPS) is 25.4. The summed E-state index contributed by atoms with van der Waals surface area (Å²) in [7, 11) is 0. The van der Waals surface area contributed by atoms with Crippen molar-refractivity contribution in [3.8, 4) is 0 Å². The number of alkyl halides is 4. The standard InChI is InChI=1S/C15H17Cl2F3/c16-11-7-5-10(6-8-11)9-14(17)12-3-1-2-4-13(12)15(18,19)20/h5-8,12-14H,1-4,9H2. The summed E-state index contributed by atoms with van der Waals surface area (Å²) in [5.41, 5.74) is 0.931. The zero-order valence-corrected chi connectivity index (χ0v) is 12.5. The van der Waals surface area contributed by atoms with Crippen LogP contribution in [0.2, 0.25) is 5.02 Å². The zero-order chi connectivity index (χ0) is 14.8. The molecule has 0 amide bonds. The molecular weight excluding hydrogens is 308 g/mol. The van der Waals surface area contributed by atoms with Gasteiger partial charge < -0.3 is 0 Å². The smallest absolute Gasteiger partial charge is 0.171 e. The predicted molar refractivity (Wildman–Crippen MR) is 76.3 cm³/mol. The van der Waals surface area contributed by atoms with Gasteiger partial charge in [-0.15, -0.1) is 11.6 Å². The lowest BCUT2D eigenvalue weighted by Gasteiger charge is -2.35. The topological polar surface area (TPSA) is 0 Å². The number of hydrogen-bond acceptors (Lipinski definition) is 0. The molecule has 1 aliphatic carbocycles. The van der Waals surface area contributed by atoms with Gasteiger partial charge in [0.1, 0.15) is 0 Å². The largest absolute Gasteiger partial charge is 0.392 e. The highest BCUT2D eigenvalue weighted by Crippen LogP contribution is 2.44. The zero-order valence-electron chi connectivity index (χ0n) is 11.0. The maximum atomic E-state index is 13.1. The van der Waals surface area contributed by atoms with Crippen molar-refractivity contribution >= 4 is 23.2 Å². The van der Waals surface area contributed by atoms with Gasteiger partial charge in [-0.05, 0) is 42.9 Å². The van der Waals surface area contributed by atoms with Crippen LogP contribution < -0.4 is 0 Å². The molecule has 20 heavy (non-hydrogen) atoms. The van der Waals surface area contributed by atoms with Gasteiger partial charge in [-0.2, -0.15) is 13.2 Å². The molecule has 0 N–H and O–H groups in total. The molecule has 1 fully saturated rings. The van der Waals surface area contributed by atoms with E-state index in [4.69, 9.17) is 23.2 Å². The molecule has 0 nitrogen and oxygen atoms in total. The minimum absolute atomic E-state index is 0.206. The van der Waals surface area contributed by atoms with Gasteiger partial charge in [0.05, 0.1) is 5.92 Å². The lowest BCUT2D eigenvalue weighted by molar-refractivity contribution is -0.196. The third kappa shape index (κ3) is 4.05. The molecule has 0 spiro atoms. The third-order valence-electron chi connectivity index (χ3n) is 4.05. The van der Waals surface area contributed by atoms with Gasteiger partial charge in [0.15, 0.2) is 0 Å². The Kier molecular flexibility index (Phi) is 5.25. The maximum absolute atomic E-state index is 13.1. The minimum atomic E-state index is -4.14. The number of halogens is 5. The van der Waals surface area contributed by atoms with Crippen molar-refractivity contribution in [1.82, 2.24) is 0 Å². The van der Waals surface area contributed by atoms with Crippen LogP contribution >= 0.6 is 23.2 Å². The first-order valence-corrected chi connectivity index (χ1v) is 7.64. The summed E-state index contributed by atoms with van der Waals surface area (Å²) in [5, 5.41) is 0.133. The SMILES string of the molecule is FC(F)(F)C1CCCCC1C(Cl)Cc1ccc(Cl)cc1. The fraction of sp³-hybridized carbons (Fsp3) is 0.600. The maximum Gasteiger partial charge on any atom is 0.392 e. The monoisotopic (exact) mass is 324 g/mol. The van der Waals surface area contributed by atoms with Crippen molar-refractivity contribution in [2.45, 2.75) is 43.7 Å². The van der Waals surface area contributed by atoms with E-state index in [0.717, 1.165) is 12.0 Å². The Morgan fingerprint density at radius 3 is 2.30 bits per heavy atom. The summed E-state index contributed by atoms with van der Waals surface area (Å²) in [4.78, 5) is 0. The van der Waals surface area contributed by atoms with E-state index in [9.17, 15) is 13.2 Å². The molecule has 1 saturated carbocycles. The van der Waals surface area contributed by atoms with Crippen LogP contribution in [0.5, 0.6) is 0 Å². The first-order valence-electron chi connectivity index (χ1n) is 6.83. The molecule has 0 saturated heterocycles. The molecule has 112 valence electrons. The van der Waals surface area contributed by atoms with Crippen LogP contribution in [0.4, 0.5) is 13.2 Å². The van der Waals surface area contributed by atoms with Gasteiger partial charge in [-0.3, -0.25) is 0 Å². The Labute approximate surface area is 127 Å². The van der Waals surface area contributed by atoms with Crippen molar-refractivity contribution in [3.05, 3.63) is 34.9 Å². The molecular formula is C15H17Cl2F3. The first kappa shape index (κ1) is 16.0. The second kappa shape index (κ2) is 6.57. The van der Waals surface area contributed by atoms with E-state index in [0.29, 0.717) is 24.3 Å². The molecule has 2 rings (SSSR count). The number of benzene rings is 1. The van der Waals surface area contributed by atoms with Crippen LogP contribution in [-0.2, 0) is 6.42 Å². The average molecular weight is 325 g/mol. The highest BCUT2D eigenvalue weighted by molar-refractivity contribution is 6.30. The van der Waals surface area contributed by atoms with Gasteiger partial charge in [0, 0.05) is 10.4 Å². The Hall–Kier alpha value is -0.410. The molecule has 0 aromatic heterocycles. The third-order valence-corrected chi connectivity index (χ3v) is 4.78. The van der Waals surface area contributed by atoms with Gasteiger partial charge in [-0.25, -0.2) is 0 Å². The summed E-state index contributed by atoms with van der Waals surface area (Å²) in [5.74, 6) is -1.74. The average Bonchev–Trinajstić information content (AvgIpc) is 2.40. The lowest BCUT2D eigenvalue weighted by Crippen LogP contribution is -2.38. The molecule has 1 aliphatic rings. The van der Waals surface area contributed by atoms with Gasteiger partial charge in [0.2, 0.25) is 0 Å². The number of hydrogen-bond donors (Lipinski definition) is 0. The number of rotatable bonds is 3. The molecule has 0 aliphatic heterocycles. The van der Waals surface area contributed by atoms with Crippen LogP contribution in [0.1, 0.15) is 31.2 Å². The van der Waals surface area contributed by atoms with E-state index in [1.807, 2.05) is 12.1 Å². The van der Waals surface area contributed by atoms with E-state index in [2.05, 4.69) is 0 Å². The Balaban J connectivity index is 2.06. The van der Waals surface area contributed by atoms with Crippen LogP contribution in [-0.4, -0.2) is 11.6 Å². The van der Waals surface area contributed by atoms with Crippen LogP contribution in [0.3, 0.4) is 0 Å². The second-order valence-corrected chi connectivity index (χ2v) is 6.44. The fourth-order valence-corrected chi connectivity index (χ4v) is 3.60. The van der Waals surface area contributed by atoms with Gasteiger partial charge in [-0.1, -0.05) is 36.6 Å². The fourth-order valence-electron chi connectivity index (χ4n) is 3.00. The van der Waals surface area contributed by atoms with E-state index < -0.39 is 23.4 Å². The van der Waals surface area contributed by atoms with Gasteiger partial charge in [0.25, 0.3) is 0 Å². The van der Waals surface area contributed by atoms with E-state index in [1.54, 1.807) is 12.1 Å². The predicted octanol–water partition coefficient (Wildman–Crippen LogP) is 5.86. The van der Waals surface area contributed by atoms with Crippen molar-refractivity contribution in [3.63, 3.8) is 0 Å². The highest BCUT2D eigenvalue weighted by atomic mass is 35.5. The summed E-state index contributed by atoms with van der Waals surface area (Å²) >= 11 is 12.1. The molecule has 0 bridgehead atoms. The molecule has 3 atom stereocenters. The van der Waals surface area contributed by atoms with Crippen molar-refractivity contribution < 1.29 is 13.2 Å². The molecule has 5 heteroatoms. The molecule has 1 aromatic carbocycles. The molecule has 0 heterocycles. The van der Waals surface area contributed by atoms with Crippen LogP contribution in [0.15, 0.2) is 24.3 Å². The van der Waals surface area contributed by atoms with Gasteiger partial charge >= 0.3 is 6.18 Å². The summed E-state index contributed by atoms with van der Waals surface area (Å²) < 4.78 is 39.2. The molecule has 0 radical (unpaired) electrons. The summed E-state index contributed by atoms with van der Waals surface area (Å²) in [6.07, 6.45) is -1.44. The van der Waals surface area contributed by atoms with Crippen molar-refractivity contribution in [1.29, 1.82) is 0 Å². The van der Waals surface area contributed by atoms with E-state index >= 15 is 0 Å². The van der Waals surface area contributed by atoms with Crippen molar-refractivity contribution in [2.24, 2.45) is 11.8 Å². The van der Waals surface area contributed by atoms with Crippen LogP contribution in [0.25, 0.3) is 0 Å². The van der Waals surface area contributed by atoms with Crippen LogP contribution in [0, 0.1) is 11.8 Å². The Bertz CT molecular complexity index is 428. The summed E-state index contributed by atoms with van der Waals surface area (Å²) in [6.45, 7) is 0. The lowest BCUT2D eigenvalue weighted by atomic mass is 9.75. The highest BCUT2D eigenvalue weighted by Gasteiger charge is 2.47. The molecule has 3 unspecified atom stereocenters.